The van der Waals surface area contributed by atoms with Crippen molar-refractivity contribution in [2.24, 2.45) is 0 Å². The summed E-state index contributed by atoms with van der Waals surface area (Å²) >= 11 is 0. The molecule has 0 bridgehead atoms. The molecule has 1 N–H and O–H groups in total. The molecule has 1 saturated heterocycles. The first kappa shape index (κ1) is 16.1. The number of nitrogens with zero attached hydrogens (tertiary/aromatic N) is 2. The second-order valence-corrected chi connectivity index (χ2v) is 5.65. The lowest BCUT2D eigenvalue weighted by atomic mass is 10.2. The van der Waals surface area contributed by atoms with Crippen molar-refractivity contribution in [3.8, 4) is 11.5 Å². The predicted molar refractivity (Wildman–Crippen MR) is 93.2 cm³/mol. The van der Waals surface area contributed by atoms with E-state index in [4.69, 9.17) is 9.47 Å². The van der Waals surface area contributed by atoms with Crippen LogP contribution in [0.1, 0.15) is 23.2 Å². The molecular weight excluding hydrogens is 306 g/mol. The number of aromatic nitrogens is 1. The second-order valence-electron chi connectivity index (χ2n) is 5.65. The van der Waals surface area contributed by atoms with Crippen LogP contribution in [0.4, 0.5) is 11.5 Å². The van der Waals surface area contributed by atoms with Crippen LogP contribution >= 0.6 is 0 Å². The van der Waals surface area contributed by atoms with Crippen molar-refractivity contribution < 1.29 is 14.3 Å². The number of hydrogen-bond donors (Lipinski definition) is 1. The number of benzene rings is 1. The minimum Gasteiger partial charge on any atom is -0.497 e. The summed E-state index contributed by atoms with van der Waals surface area (Å²) in [7, 11) is 3.10. The fraction of sp³-hybridized carbons (Fsp3) is 0.333. The molecule has 1 aliphatic heterocycles. The monoisotopic (exact) mass is 327 g/mol. The van der Waals surface area contributed by atoms with Gasteiger partial charge in [0.05, 0.1) is 26.1 Å². The SMILES string of the molecule is COc1cc(OC)cc(C(=O)Nc2ccc(N3CCCC3)cn2)c1. The fourth-order valence-corrected chi connectivity index (χ4v) is 2.75. The van der Waals surface area contributed by atoms with Gasteiger partial charge in [0.1, 0.15) is 17.3 Å². The summed E-state index contributed by atoms with van der Waals surface area (Å²) in [5.41, 5.74) is 1.55. The number of amides is 1. The third-order valence-electron chi connectivity index (χ3n) is 4.07. The lowest BCUT2D eigenvalue weighted by molar-refractivity contribution is 0.102. The molecule has 6 nitrogen and oxygen atoms in total. The zero-order valence-corrected chi connectivity index (χ0v) is 13.9. The van der Waals surface area contributed by atoms with Crippen molar-refractivity contribution in [1.82, 2.24) is 4.98 Å². The average molecular weight is 327 g/mol. The Morgan fingerprint density at radius 2 is 1.75 bits per heavy atom. The van der Waals surface area contributed by atoms with Crippen LogP contribution in [-0.4, -0.2) is 38.2 Å². The van der Waals surface area contributed by atoms with Gasteiger partial charge in [-0.05, 0) is 37.1 Å². The fourth-order valence-electron chi connectivity index (χ4n) is 2.75. The third kappa shape index (κ3) is 3.59. The number of rotatable bonds is 5. The molecule has 126 valence electrons. The van der Waals surface area contributed by atoms with Crippen molar-refractivity contribution >= 4 is 17.4 Å². The Labute approximate surface area is 141 Å². The maximum Gasteiger partial charge on any atom is 0.257 e. The summed E-state index contributed by atoms with van der Waals surface area (Å²) in [4.78, 5) is 19.1. The van der Waals surface area contributed by atoms with Crippen LogP contribution in [0.5, 0.6) is 11.5 Å². The van der Waals surface area contributed by atoms with Gasteiger partial charge in [0.2, 0.25) is 0 Å². The lowest BCUT2D eigenvalue weighted by Gasteiger charge is -2.17. The van der Waals surface area contributed by atoms with E-state index in [9.17, 15) is 4.79 Å². The topological polar surface area (TPSA) is 63.7 Å². The van der Waals surface area contributed by atoms with E-state index in [0.717, 1.165) is 18.8 Å². The number of anilines is 2. The maximum atomic E-state index is 12.4. The predicted octanol–water partition coefficient (Wildman–Crippen LogP) is 2.95. The Balaban J connectivity index is 1.72. The van der Waals surface area contributed by atoms with E-state index in [1.165, 1.54) is 12.8 Å². The summed E-state index contributed by atoms with van der Waals surface area (Å²) in [6, 6.07) is 8.86. The van der Waals surface area contributed by atoms with Gasteiger partial charge in [-0.3, -0.25) is 4.79 Å². The number of carbonyl (C=O) groups excluding carboxylic acids is 1. The largest absolute Gasteiger partial charge is 0.497 e. The van der Waals surface area contributed by atoms with Crippen molar-refractivity contribution in [3.05, 3.63) is 42.1 Å². The molecule has 0 saturated carbocycles. The van der Waals surface area contributed by atoms with Crippen molar-refractivity contribution in [3.63, 3.8) is 0 Å². The van der Waals surface area contributed by atoms with Gasteiger partial charge < -0.3 is 19.7 Å². The van der Waals surface area contributed by atoms with Gasteiger partial charge in [-0.2, -0.15) is 0 Å². The molecule has 2 heterocycles. The molecule has 1 aromatic heterocycles. The number of ether oxygens (including phenoxy) is 2. The van der Waals surface area contributed by atoms with E-state index >= 15 is 0 Å². The van der Waals surface area contributed by atoms with E-state index in [0.29, 0.717) is 22.9 Å². The molecule has 0 spiro atoms. The lowest BCUT2D eigenvalue weighted by Crippen LogP contribution is -2.18. The van der Waals surface area contributed by atoms with Gasteiger partial charge in [0.15, 0.2) is 0 Å². The third-order valence-corrected chi connectivity index (χ3v) is 4.07. The van der Waals surface area contributed by atoms with E-state index in [1.807, 2.05) is 12.1 Å². The molecule has 1 aromatic carbocycles. The van der Waals surface area contributed by atoms with E-state index < -0.39 is 0 Å². The smallest absolute Gasteiger partial charge is 0.257 e. The molecule has 1 amide bonds. The molecule has 0 radical (unpaired) electrons. The number of carbonyl (C=O) groups is 1. The first-order valence-corrected chi connectivity index (χ1v) is 7.95. The minimum absolute atomic E-state index is 0.256. The zero-order valence-electron chi connectivity index (χ0n) is 13.9. The molecular formula is C18H21N3O3. The Kier molecular flexibility index (Phi) is 4.84. The molecule has 6 heteroatoms. The molecule has 0 aliphatic carbocycles. The first-order chi connectivity index (χ1) is 11.7. The molecule has 24 heavy (non-hydrogen) atoms. The zero-order chi connectivity index (χ0) is 16.9. The van der Waals surface area contributed by atoms with Gasteiger partial charge >= 0.3 is 0 Å². The highest BCUT2D eigenvalue weighted by Gasteiger charge is 2.14. The van der Waals surface area contributed by atoms with Gasteiger partial charge in [0, 0.05) is 24.7 Å². The Morgan fingerprint density at radius 1 is 1.08 bits per heavy atom. The summed E-state index contributed by atoms with van der Waals surface area (Å²) < 4.78 is 10.4. The number of pyridine rings is 1. The number of methoxy groups -OCH3 is 2. The normalized spacial score (nSPS) is 13.7. The van der Waals surface area contributed by atoms with Crippen molar-refractivity contribution in [1.29, 1.82) is 0 Å². The van der Waals surface area contributed by atoms with Crippen LogP contribution in [0.25, 0.3) is 0 Å². The second kappa shape index (κ2) is 7.21. The molecule has 3 rings (SSSR count). The minimum atomic E-state index is -0.256. The molecule has 2 aromatic rings. The Bertz CT molecular complexity index is 688. The van der Waals surface area contributed by atoms with Crippen LogP contribution < -0.4 is 19.7 Å². The Hall–Kier alpha value is -2.76. The summed E-state index contributed by atoms with van der Waals surface area (Å²) in [6.45, 7) is 2.13. The highest BCUT2D eigenvalue weighted by atomic mass is 16.5. The highest BCUT2D eigenvalue weighted by molar-refractivity contribution is 6.04. The Morgan fingerprint density at radius 3 is 2.29 bits per heavy atom. The number of nitrogens with one attached hydrogen (secondary N) is 1. The van der Waals surface area contributed by atoms with E-state index in [-0.39, 0.29) is 5.91 Å². The van der Waals surface area contributed by atoms with Gasteiger partial charge in [0.25, 0.3) is 5.91 Å². The summed E-state index contributed by atoms with van der Waals surface area (Å²) in [5, 5.41) is 2.80. The highest BCUT2D eigenvalue weighted by Crippen LogP contribution is 2.24. The quantitative estimate of drug-likeness (QED) is 0.915. The average Bonchev–Trinajstić information content (AvgIpc) is 3.16. The van der Waals surface area contributed by atoms with E-state index in [1.54, 1.807) is 38.6 Å². The molecule has 0 atom stereocenters. The van der Waals surface area contributed by atoms with Crippen molar-refractivity contribution in [2.75, 3.05) is 37.5 Å². The first-order valence-electron chi connectivity index (χ1n) is 7.95. The molecule has 0 unspecified atom stereocenters. The standard InChI is InChI=1S/C18H21N3O3/c1-23-15-9-13(10-16(11-15)24-2)18(22)20-17-6-5-14(12-19-17)21-7-3-4-8-21/h5-6,9-12H,3-4,7-8H2,1-2H3,(H,19,20,22). The van der Waals surface area contributed by atoms with Gasteiger partial charge in [-0.1, -0.05) is 0 Å². The molecule has 1 fully saturated rings. The van der Waals surface area contributed by atoms with Crippen LogP contribution in [0.3, 0.4) is 0 Å². The van der Waals surface area contributed by atoms with Crippen LogP contribution in [-0.2, 0) is 0 Å². The number of hydrogen-bond acceptors (Lipinski definition) is 5. The summed E-state index contributed by atoms with van der Waals surface area (Å²) in [6.07, 6.45) is 4.24. The molecule has 1 aliphatic rings. The van der Waals surface area contributed by atoms with E-state index in [2.05, 4.69) is 15.2 Å². The van der Waals surface area contributed by atoms with Crippen LogP contribution in [0.15, 0.2) is 36.5 Å². The van der Waals surface area contributed by atoms with Crippen LogP contribution in [0.2, 0.25) is 0 Å². The van der Waals surface area contributed by atoms with Crippen LogP contribution in [0, 0.1) is 0 Å². The maximum absolute atomic E-state index is 12.4. The summed E-state index contributed by atoms with van der Waals surface area (Å²) in [5.74, 6) is 1.40. The van der Waals surface area contributed by atoms with Crippen molar-refractivity contribution in [2.45, 2.75) is 12.8 Å². The van der Waals surface area contributed by atoms with Gasteiger partial charge in [-0.25, -0.2) is 4.98 Å². The van der Waals surface area contributed by atoms with Gasteiger partial charge in [-0.15, -0.1) is 0 Å².